The normalized spacial score (nSPS) is 25.0. The van der Waals surface area contributed by atoms with Crippen LogP contribution in [0.4, 0.5) is 0 Å². The Morgan fingerprint density at radius 1 is 1.37 bits per heavy atom. The van der Waals surface area contributed by atoms with Crippen molar-refractivity contribution in [1.82, 2.24) is 4.90 Å². The van der Waals surface area contributed by atoms with Gasteiger partial charge in [-0.15, -0.1) is 0 Å². The van der Waals surface area contributed by atoms with Crippen molar-refractivity contribution in [2.75, 3.05) is 6.54 Å². The molecule has 3 heteroatoms. The predicted octanol–water partition coefficient (Wildman–Crippen LogP) is 2.82. The van der Waals surface area contributed by atoms with E-state index in [1.807, 2.05) is 18.2 Å². The largest absolute Gasteiger partial charge is 0.326 e. The summed E-state index contributed by atoms with van der Waals surface area (Å²) in [5, 5.41) is 9.06. The number of nitrogens with zero attached hydrogens (tertiary/aromatic N) is 2. The minimum atomic E-state index is 0.0886. The molecule has 1 saturated heterocycles. The molecule has 2 rings (SSSR count). The predicted molar refractivity (Wildman–Crippen MR) is 77.6 cm³/mol. The van der Waals surface area contributed by atoms with E-state index in [4.69, 9.17) is 11.0 Å². The van der Waals surface area contributed by atoms with Crippen molar-refractivity contribution in [2.24, 2.45) is 5.73 Å². The molecule has 0 saturated carbocycles. The van der Waals surface area contributed by atoms with Crippen molar-refractivity contribution in [2.45, 2.75) is 51.2 Å². The summed E-state index contributed by atoms with van der Waals surface area (Å²) in [5.74, 6) is 0. The van der Waals surface area contributed by atoms with E-state index in [2.05, 4.69) is 37.8 Å². The van der Waals surface area contributed by atoms with Crippen LogP contribution in [-0.2, 0) is 0 Å². The Morgan fingerprint density at radius 3 is 2.74 bits per heavy atom. The lowest BCUT2D eigenvalue weighted by molar-refractivity contribution is 0.0384. The fraction of sp³-hybridized carbons (Fsp3) is 0.562. The van der Waals surface area contributed by atoms with Crippen LogP contribution in [0.1, 0.15) is 50.8 Å². The van der Waals surface area contributed by atoms with Crippen molar-refractivity contribution in [3.8, 4) is 6.07 Å². The van der Waals surface area contributed by atoms with Crippen LogP contribution in [0.15, 0.2) is 24.3 Å². The summed E-state index contributed by atoms with van der Waals surface area (Å²) in [6, 6.07) is 10.4. The smallest absolute Gasteiger partial charge is 0.0991 e. The van der Waals surface area contributed by atoms with Crippen molar-refractivity contribution in [3.05, 3.63) is 35.4 Å². The lowest BCUT2D eigenvalue weighted by Crippen LogP contribution is -2.53. The summed E-state index contributed by atoms with van der Waals surface area (Å²) in [6.07, 6.45) is 2.20. The van der Waals surface area contributed by atoms with Gasteiger partial charge in [-0.3, -0.25) is 4.90 Å². The summed E-state index contributed by atoms with van der Waals surface area (Å²) in [6.45, 7) is 7.75. The second kappa shape index (κ2) is 5.32. The minimum Gasteiger partial charge on any atom is -0.326 e. The highest BCUT2D eigenvalue weighted by Crippen LogP contribution is 2.35. The maximum Gasteiger partial charge on any atom is 0.0991 e. The van der Waals surface area contributed by atoms with Gasteiger partial charge in [0, 0.05) is 11.6 Å². The van der Waals surface area contributed by atoms with Crippen LogP contribution >= 0.6 is 0 Å². The number of nitrogens with two attached hydrogens (primary N) is 1. The Balaban J connectivity index is 2.39. The number of likely N-dealkylation sites (tertiary alicyclic amines) is 1. The molecule has 102 valence electrons. The Labute approximate surface area is 116 Å². The van der Waals surface area contributed by atoms with Gasteiger partial charge < -0.3 is 5.73 Å². The van der Waals surface area contributed by atoms with E-state index in [1.165, 1.54) is 5.56 Å². The number of rotatable bonds is 1. The molecule has 1 aliphatic rings. The van der Waals surface area contributed by atoms with Crippen LogP contribution in [0.2, 0.25) is 0 Å². The number of piperidine rings is 1. The van der Waals surface area contributed by atoms with Crippen LogP contribution in [0.25, 0.3) is 0 Å². The Hall–Kier alpha value is -1.37. The molecule has 0 amide bonds. The summed E-state index contributed by atoms with van der Waals surface area (Å²) in [5.41, 5.74) is 8.33. The standard InChI is InChI=1S/C16H23N3/c1-16(2,3)19-9-5-8-14(18)15(19)13-7-4-6-12(10-13)11-17/h4,6-7,10,14-15H,5,8-9,18H2,1-3H3. The van der Waals surface area contributed by atoms with E-state index in [0.717, 1.165) is 19.4 Å². The van der Waals surface area contributed by atoms with Crippen LogP contribution in [0.5, 0.6) is 0 Å². The third kappa shape index (κ3) is 2.97. The van der Waals surface area contributed by atoms with Gasteiger partial charge in [-0.25, -0.2) is 0 Å². The van der Waals surface area contributed by atoms with Gasteiger partial charge in [0.25, 0.3) is 0 Å². The van der Waals surface area contributed by atoms with Crippen LogP contribution in [0, 0.1) is 11.3 Å². The van der Waals surface area contributed by atoms with Crippen molar-refractivity contribution in [1.29, 1.82) is 5.26 Å². The second-order valence-corrected chi connectivity index (χ2v) is 6.35. The van der Waals surface area contributed by atoms with Crippen LogP contribution in [-0.4, -0.2) is 23.0 Å². The van der Waals surface area contributed by atoms with Crippen LogP contribution < -0.4 is 5.73 Å². The maximum atomic E-state index is 9.06. The first-order valence-corrected chi connectivity index (χ1v) is 6.96. The van der Waals surface area contributed by atoms with E-state index in [0.29, 0.717) is 5.56 Å². The molecule has 3 nitrogen and oxygen atoms in total. The number of hydrogen-bond acceptors (Lipinski definition) is 3. The zero-order chi connectivity index (χ0) is 14.0. The molecule has 1 aromatic rings. The van der Waals surface area contributed by atoms with Gasteiger partial charge in [0.05, 0.1) is 17.7 Å². The highest BCUT2D eigenvalue weighted by atomic mass is 15.2. The first kappa shape index (κ1) is 14.0. The number of nitriles is 1. The third-order valence-corrected chi connectivity index (χ3v) is 3.90. The van der Waals surface area contributed by atoms with E-state index >= 15 is 0 Å². The highest BCUT2D eigenvalue weighted by molar-refractivity contribution is 5.35. The van der Waals surface area contributed by atoms with Crippen molar-refractivity contribution >= 4 is 0 Å². The molecule has 1 aliphatic heterocycles. The van der Waals surface area contributed by atoms with E-state index < -0.39 is 0 Å². The fourth-order valence-corrected chi connectivity index (χ4v) is 3.00. The first-order valence-electron chi connectivity index (χ1n) is 6.96. The van der Waals surface area contributed by atoms with Crippen molar-refractivity contribution in [3.63, 3.8) is 0 Å². The lowest BCUT2D eigenvalue weighted by atomic mass is 9.86. The monoisotopic (exact) mass is 257 g/mol. The average molecular weight is 257 g/mol. The van der Waals surface area contributed by atoms with E-state index in [1.54, 1.807) is 0 Å². The quantitative estimate of drug-likeness (QED) is 0.841. The average Bonchev–Trinajstić information content (AvgIpc) is 2.37. The molecular formula is C16H23N3. The number of benzene rings is 1. The van der Waals surface area contributed by atoms with Gasteiger partial charge in [0.1, 0.15) is 0 Å². The molecule has 1 fully saturated rings. The molecule has 0 aliphatic carbocycles. The van der Waals surface area contributed by atoms with E-state index in [-0.39, 0.29) is 17.6 Å². The molecule has 2 unspecified atom stereocenters. The Morgan fingerprint density at radius 2 is 2.11 bits per heavy atom. The van der Waals surface area contributed by atoms with Crippen molar-refractivity contribution < 1.29 is 0 Å². The molecule has 19 heavy (non-hydrogen) atoms. The fourth-order valence-electron chi connectivity index (χ4n) is 3.00. The van der Waals surface area contributed by atoms with Gasteiger partial charge >= 0.3 is 0 Å². The molecule has 0 spiro atoms. The molecule has 0 radical (unpaired) electrons. The first-order chi connectivity index (χ1) is 8.93. The molecule has 2 N–H and O–H groups in total. The van der Waals surface area contributed by atoms with Gasteiger partial charge in [0.15, 0.2) is 0 Å². The van der Waals surface area contributed by atoms with Gasteiger partial charge in [0.2, 0.25) is 0 Å². The zero-order valence-electron chi connectivity index (χ0n) is 12.1. The van der Waals surface area contributed by atoms with Gasteiger partial charge in [-0.2, -0.15) is 5.26 Å². The Kier molecular flexibility index (Phi) is 3.93. The lowest BCUT2D eigenvalue weighted by Gasteiger charge is -2.47. The molecule has 1 heterocycles. The maximum absolute atomic E-state index is 9.06. The molecular weight excluding hydrogens is 234 g/mol. The van der Waals surface area contributed by atoms with Crippen LogP contribution in [0.3, 0.4) is 0 Å². The highest BCUT2D eigenvalue weighted by Gasteiger charge is 2.36. The molecule has 0 aromatic heterocycles. The third-order valence-electron chi connectivity index (χ3n) is 3.90. The zero-order valence-corrected chi connectivity index (χ0v) is 12.1. The van der Waals surface area contributed by atoms with E-state index in [9.17, 15) is 0 Å². The van der Waals surface area contributed by atoms with Gasteiger partial charge in [-0.05, 0) is 57.9 Å². The minimum absolute atomic E-state index is 0.0886. The summed E-state index contributed by atoms with van der Waals surface area (Å²) in [4.78, 5) is 2.47. The summed E-state index contributed by atoms with van der Waals surface area (Å²) < 4.78 is 0. The topological polar surface area (TPSA) is 53.0 Å². The summed E-state index contributed by atoms with van der Waals surface area (Å²) >= 11 is 0. The number of hydrogen-bond donors (Lipinski definition) is 1. The Bertz CT molecular complexity index is 482. The SMILES string of the molecule is CC(C)(C)N1CCCC(N)C1c1cccc(C#N)c1. The second-order valence-electron chi connectivity index (χ2n) is 6.35. The summed E-state index contributed by atoms with van der Waals surface area (Å²) in [7, 11) is 0. The molecule has 1 aromatic carbocycles. The molecule has 0 bridgehead atoms. The van der Waals surface area contributed by atoms with Gasteiger partial charge in [-0.1, -0.05) is 12.1 Å². The molecule has 2 atom stereocenters.